The van der Waals surface area contributed by atoms with E-state index in [2.05, 4.69) is 5.32 Å². The third-order valence-electron chi connectivity index (χ3n) is 6.10. The molecule has 3 amide bonds. The zero-order valence-corrected chi connectivity index (χ0v) is 19.6. The molecule has 0 aliphatic carbocycles. The van der Waals surface area contributed by atoms with E-state index >= 15 is 0 Å². The SMILES string of the molecule is CC(=O)Nc1ccc(CC(=O)N2CCC(N3C(=O)OCc4ccccc43)CC2)c(OCC(F)(F)F)c1. The van der Waals surface area contributed by atoms with Gasteiger partial charge in [0.2, 0.25) is 11.8 Å². The molecule has 8 nitrogen and oxygen atoms in total. The van der Waals surface area contributed by atoms with Crippen molar-refractivity contribution in [2.75, 3.05) is 29.9 Å². The molecule has 11 heteroatoms. The van der Waals surface area contributed by atoms with Crippen molar-refractivity contribution in [2.45, 2.75) is 45.0 Å². The minimum atomic E-state index is -4.55. The summed E-state index contributed by atoms with van der Waals surface area (Å²) >= 11 is 0. The van der Waals surface area contributed by atoms with Crippen LogP contribution in [-0.4, -0.2) is 54.7 Å². The quantitative estimate of drug-likeness (QED) is 0.634. The van der Waals surface area contributed by atoms with Crippen LogP contribution in [0.25, 0.3) is 0 Å². The Morgan fingerprint density at radius 2 is 1.86 bits per heavy atom. The van der Waals surface area contributed by atoms with E-state index in [4.69, 9.17) is 9.47 Å². The first kappa shape index (κ1) is 25.3. The number of piperidine rings is 1. The maximum absolute atomic E-state index is 13.0. The summed E-state index contributed by atoms with van der Waals surface area (Å²) in [6.07, 6.45) is -4.06. The fraction of sp³-hybridized carbons (Fsp3) is 0.400. The molecule has 0 radical (unpaired) electrons. The fourth-order valence-electron chi connectivity index (χ4n) is 4.44. The summed E-state index contributed by atoms with van der Waals surface area (Å²) in [6.45, 7) is 0.759. The smallest absolute Gasteiger partial charge is 0.422 e. The number of carbonyl (C=O) groups is 3. The molecule has 0 unspecified atom stereocenters. The topological polar surface area (TPSA) is 88.2 Å². The summed E-state index contributed by atoms with van der Waals surface area (Å²) in [5.41, 5.74) is 2.29. The van der Waals surface area contributed by atoms with E-state index in [0.29, 0.717) is 25.9 Å². The van der Waals surface area contributed by atoms with Gasteiger partial charge in [0, 0.05) is 48.9 Å². The molecule has 2 aromatic rings. The maximum Gasteiger partial charge on any atom is 0.422 e. The Hall–Kier alpha value is -3.76. The van der Waals surface area contributed by atoms with E-state index in [-0.39, 0.29) is 47.9 Å². The molecule has 36 heavy (non-hydrogen) atoms. The number of hydrogen-bond acceptors (Lipinski definition) is 5. The van der Waals surface area contributed by atoms with Gasteiger partial charge in [-0.15, -0.1) is 0 Å². The van der Waals surface area contributed by atoms with Crippen molar-refractivity contribution < 1.29 is 37.0 Å². The van der Waals surface area contributed by atoms with Gasteiger partial charge in [-0.05, 0) is 25.0 Å². The van der Waals surface area contributed by atoms with Crippen molar-refractivity contribution in [3.05, 3.63) is 53.6 Å². The highest BCUT2D eigenvalue weighted by molar-refractivity contribution is 5.91. The molecule has 1 fully saturated rings. The largest absolute Gasteiger partial charge is 0.484 e. The lowest BCUT2D eigenvalue weighted by molar-refractivity contribution is -0.153. The molecule has 2 aliphatic heterocycles. The first-order valence-corrected chi connectivity index (χ1v) is 11.5. The molecule has 1 N–H and O–H groups in total. The molecule has 0 bridgehead atoms. The standard InChI is InChI=1S/C25H26F3N3O5/c1-16(32)29-19-7-6-17(22(13-19)36-15-25(26,27)28)12-23(33)30-10-8-20(9-11-30)31-21-5-3-2-4-18(21)14-35-24(31)34/h2-7,13,20H,8-12,14-15H2,1H3,(H,29,32). The number of hydrogen-bond donors (Lipinski definition) is 1. The van der Waals surface area contributed by atoms with E-state index < -0.39 is 18.9 Å². The van der Waals surface area contributed by atoms with Crippen LogP contribution in [0.15, 0.2) is 42.5 Å². The summed E-state index contributed by atoms with van der Waals surface area (Å²) in [5.74, 6) is -0.766. The van der Waals surface area contributed by atoms with E-state index in [1.807, 2.05) is 24.3 Å². The summed E-state index contributed by atoms with van der Waals surface area (Å²) in [7, 11) is 0. The molecule has 2 aliphatic rings. The molecule has 2 heterocycles. The number of para-hydroxylation sites is 1. The number of alkyl halides is 3. The van der Waals surface area contributed by atoms with E-state index in [0.717, 1.165) is 11.3 Å². The molecule has 2 aromatic carbocycles. The first-order chi connectivity index (χ1) is 17.1. The summed E-state index contributed by atoms with van der Waals surface area (Å²) < 4.78 is 48.5. The number of nitrogens with one attached hydrogen (secondary N) is 1. The average Bonchev–Trinajstić information content (AvgIpc) is 2.83. The van der Waals surface area contributed by atoms with E-state index in [1.54, 1.807) is 9.80 Å². The third-order valence-corrected chi connectivity index (χ3v) is 6.10. The molecular formula is C25H26F3N3O5. The van der Waals surface area contributed by atoms with Crippen LogP contribution in [0.5, 0.6) is 5.75 Å². The molecule has 0 saturated carbocycles. The molecule has 0 atom stereocenters. The Morgan fingerprint density at radius 3 is 2.56 bits per heavy atom. The minimum Gasteiger partial charge on any atom is -0.484 e. The van der Waals surface area contributed by atoms with Crippen LogP contribution in [0.3, 0.4) is 0 Å². The normalized spacial score (nSPS) is 16.3. The molecule has 192 valence electrons. The third kappa shape index (κ3) is 6.07. The Kier molecular flexibility index (Phi) is 7.37. The number of likely N-dealkylation sites (tertiary alicyclic amines) is 1. The number of rotatable bonds is 6. The average molecular weight is 505 g/mol. The lowest BCUT2D eigenvalue weighted by atomic mass is 10.00. The highest BCUT2D eigenvalue weighted by atomic mass is 19.4. The zero-order valence-electron chi connectivity index (χ0n) is 19.6. The van der Waals surface area contributed by atoms with Crippen LogP contribution in [0.1, 0.15) is 30.9 Å². The second-order valence-corrected chi connectivity index (χ2v) is 8.75. The lowest BCUT2D eigenvalue weighted by Gasteiger charge is -2.40. The van der Waals surface area contributed by atoms with Crippen molar-refractivity contribution in [3.63, 3.8) is 0 Å². The van der Waals surface area contributed by atoms with Gasteiger partial charge in [0.25, 0.3) is 0 Å². The predicted octanol–water partition coefficient (Wildman–Crippen LogP) is 4.28. The second-order valence-electron chi connectivity index (χ2n) is 8.75. The van der Waals surface area contributed by atoms with Gasteiger partial charge in [-0.3, -0.25) is 14.5 Å². The van der Waals surface area contributed by atoms with Crippen LogP contribution in [0.2, 0.25) is 0 Å². The van der Waals surface area contributed by atoms with Crippen molar-refractivity contribution in [1.29, 1.82) is 0 Å². The fourth-order valence-corrected chi connectivity index (χ4v) is 4.44. The van der Waals surface area contributed by atoms with Gasteiger partial charge in [-0.1, -0.05) is 24.3 Å². The molecule has 1 saturated heterocycles. The Labute approximate surface area is 205 Å². The van der Waals surface area contributed by atoms with Crippen molar-refractivity contribution in [2.24, 2.45) is 0 Å². The number of fused-ring (bicyclic) bond motifs is 1. The number of nitrogens with zero attached hydrogens (tertiary/aromatic N) is 2. The summed E-state index contributed by atoms with van der Waals surface area (Å²) in [6, 6.07) is 11.7. The number of amides is 3. The van der Waals surface area contributed by atoms with Gasteiger partial charge in [0.05, 0.1) is 12.1 Å². The number of anilines is 2. The van der Waals surface area contributed by atoms with Gasteiger partial charge >= 0.3 is 12.3 Å². The second kappa shape index (κ2) is 10.5. The van der Waals surface area contributed by atoms with Crippen LogP contribution in [0, 0.1) is 0 Å². The van der Waals surface area contributed by atoms with Gasteiger partial charge in [0.15, 0.2) is 6.61 Å². The summed E-state index contributed by atoms with van der Waals surface area (Å²) in [5, 5.41) is 2.50. The molecular weight excluding hydrogens is 479 g/mol. The van der Waals surface area contributed by atoms with Gasteiger partial charge in [-0.2, -0.15) is 13.2 Å². The number of halogens is 3. The Morgan fingerprint density at radius 1 is 1.14 bits per heavy atom. The molecule has 0 spiro atoms. The Balaban J connectivity index is 1.42. The first-order valence-electron chi connectivity index (χ1n) is 11.5. The van der Waals surface area contributed by atoms with E-state index in [1.165, 1.54) is 25.1 Å². The van der Waals surface area contributed by atoms with Gasteiger partial charge in [0.1, 0.15) is 12.4 Å². The number of ether oxygens (including phenoxy) is 2. The van der Waals surface area contributed by atoms with Gasteiger partial charge in [-0.25, -0.2) is 4.79 Å². The summed E-state index contributed by atoms with van der Waals surface area (Å²) in [4.78, 5) is 40.1. The van der Waals surface area contributed by atoms with E-state index in [9.17, 15) is 27.6 Å². The van der Waals surface area contributed by atoms with Crippen molar-refractivity contribution in [1.82, 2.24) is 4.90 Å². The lowest BCUT2D eigenvalue weighted by Crippen LogP contribution is -2.50. The highest BCUT2D eigenvalue weighted by Gasteiger charge is 2.35. The van der Waals surface area contributed by atoms with Crippen molar-refractivity contribution in [3.8, 4) is 5.75 Å². The highest BCUT2D eigenvalue weighted by Crippen LogP contribution is 2.32. The molecule has 4 rings (SSSR count). The molecule has 0 aromatic heterocycles. The van der Waals surface area contributed by atoms with Crippen molar-refractivity contribution >= 4 is 29.3 Å². The number of cyclic esters (lactones) is 1. The van der Waals surface area contributed by atoms with Crippen LogP contribution >= 0.6 is 0 Å². The monoisotopic (exact) mass is 505 g/mol. The van der Waals surface area contributed by atoms with Gasteiger partial charge < -0.3 is 19.7 Å². The minimum absolute atomic E-state index is 0.116. The Bertz CT molecular complexity index is 1150. The van der Waals surface area contributed by atoms with Crippen LogP contribution < -0.4 is 15.0 Å². The van der Waals surface area contributed by atoms with Crippen LogP contribution in [0.4, 0.5) is 29.3 Å². The maximum atomic E-state index is 13.0. The van der Waals surface area contributed by atoms with Crippen LogP contribution in [-0.2, 0) is 27.4 Å². The number of carbonyl (C=O) groups excluding carboxylic acids is 3. The zero-order chi connectivity index (χ0) is 25.9. The predicted molar refractivity (Wildman–Crippen MR) is 125 cm³/mol. The number of benzene rings is 2.